The van der Waals surface area contributed by atoms with Crippen LogP contribution in [0.15, 0.2) is 94.3 Å². The van der Waals surface area contributed by atoms with Gasteiger partial charge < -0.3 is 0 Å². The van der Waals surface area contributed by atoms with E-state index in [-0.39, 0.29) is 0 Å². The van der Waals surface area contributed by atoms with Crippen molar-refractivity contribution < 1.29 is 0 Å². The molecule has 0 saturated carbocycles. The van der Waals surface area contributed by atoms with Crippen molar-refractivity contribution in [3.8, 4) is 0 Å². The van der Waals surface area contributed by atoms with E-state index in [0.717, 1.165) is 22.6 Å². The third-order valence-electron chi connectivity index (χ3n) is 2.96. The number of aromatic nitrogens is 1. The van der Waals surface area contributed by atoms with Gasteiger partial charge in [0.1, 0.15) is 0 Å². The minimum atomic E-state index is 0.798. The van der Waals surface area contributed by atoms with E-state index in [1.807, 2.05) is 72.9 Å². The highest BCUT2D eigenvalue weighted by Crippen LogP contribution is 2.21. The fraction of sp³-hybridized carbons (Fsp3) is 0. The molecule has 22 heavy (non-hydrogen) atoms. The second kappa shape index (κ2) is 7.04. The monoisotopic (exact) mass is 286 g/mol. The summed E-state index contributed by atoms with van der Waals surface area (Å²) in [5, 5.41) is 8.38. The lowest BCUT2D eigenvalue weighted by molar-refractivity contribution is 1.23. The largest absolute Gasteiger partial charge is 0.265 e. The van der Waals surface area contributed by atoms with Gasteiger partial charge in [-0.2, -0.15) is 10.2 Å². The van der Waals surface area contributed by atoms with Crippen LogP contribution in [0.5, 0.6) is 0 Å². The lowest BCUT2D eigenvalue weighted by Gasteiger charge is -1.96. The fourth-order valence-corrected chi connectivity index (χ4v) is 1.81. The van der Waals surface area contributed by atoms with Crippen molar-refractivity contribution >= 4 is 23.3 Å². The molecule has 4 heteroatoms. The van der Waals surface area contributed by atoms with Crippen molar-refractivity contribution in [1.82, 2.24) is 4.98 Å². The molecule has 106 valence electrons. The zero-order chi connectivity index (χ0) is 15.0. The number of nitrogens with zero attached hydrogens (tertiary/aromatic N) is 4. The van der Waals surface area contributed by atoms with Gasteiger partial charge in [-0.25, -0.2) is 0 Å². The number of hydrogen-bond donors (Lipinski definition) is 0. The molecule has 4 nitrogen and oxygen atoms in total. The van der Waals surface area contributed by atoms with E-state index in [1.54, 1.807) is 12.4 Å². The SMILES string of the molecule is C(=Nc1ccc(N=Nc2ccccc2)cc1)c1ccncc1. The second-order valence-electron chi connectivity index (χ2n) is 4.59. The first-order valence-corrected chi connectivity index (χ1v) is 6.91. The minimum absolute atomic E-state index is 0.798. The Bertz CT molecular complexity index is 695. The standard InChI is InChI=1S/C18H14N4/c1-2-4-17(5-3-1)21-22-18-8-6-16(7-9-18)20-14-15-10-12-19-13-11-15/h1-14H. The topological polar surface area (TPSA) is 50.0 Å². The molecule has 0 atom stereocenters. The summed E-state index contributed by atoms with van der Waals surface area (Å²) >= 11 is 0. The van der Waals surface area contributed by atoms with E-state index < -0.39 is 0 Å². The number of pyridine rings is 1. The van der Waals surface area contributed by atoms with Crippen LogP contribution in [-0.4, -0.2) is 11.2 Å². The molecule has 0 aliphatic rings. The first-order valence-electron chi connectivity index (χ1n) is 6.91. The second-order valence-corrected chi connectivity index (χ2v) is 4.59. The lowest BCUT2D eigenvalue weighted by Crippen LogP contribution is -1.79. The van der Waals surface area contributed by atoms with Crippen LogP contribution < -0.4 is 0 Å². The molecular weight excluding hydrogens is 272 g/mol. The van der Waals surface area contributed by atoms with Gasteiger partial charge >= 0.3 is 0 Å². The van der Waals surface area contributed by atoms with E-state index in [4.69, 9.17) is 0 Å². The Balaban J connectivity index is 1.68. The first kappa shape index (κ1) is 13.8. The zero-order valence-electron chi connectivity index (χ0n) is 11.9. The average Bonchev–Trinajstić information content (AvgIpc) is 2.61. The van der Waals surface area contributed by atoms with Gasteiger partial charge in [0.05, 0.1) is 17.1 Å². The van der Waals surface area contributed by atoms with Crippen LogP contribution in [0.25, 0.3) is 0 Å². The molecule has 0 radical (unpaired) electrons. The third kappa shape index (κ3) is 3.93. The molecule has 0 N–H and O–H groups in total. The number of azo groups is 1. The Morgan fingerprint density at radius 1 is 0.636 bits per heavy atom. The lowest BCUT2D eigenvalue weighted by atomic mass is 10.3. The van der Waals surface area contributed by atoms with Crippen LogP contribution in [-0.2, 0) is 0 Å². The van der Waals surface area contributed by atoms with Gasteiger partial charge in [-0.3, -0.25) is 9.98 Å². The zero-order valence-corrected chi connectivity index (χ0v) is 11.9. The summed E-state index contributed by atoms with van der Waals surface area (Å²) in [5.74, 6) is 0. The van der Waals surface area contributed by atoms with Gasteiger partial charge in [0.15, 0.2) is 0 Å². The summed E-state index contributed by atoms with van der Waals surface area (Å²) < 4.78 is 0. The van der Waals surface area contributed by atoms with Gasteiger partial charge in [-0.05, 0) is 54.1 Å². The normalized spacial score (nSPS) is 11.3. The van der Waals surface area contributed by atoms with Crippen molar-refractivity contribution in [3.63, 3.8) is 0 Å². The van der Waals surface area contributed by atoms with Crippen LogP contribution in [0.1, 0.15) is 5.56 Å². The van der Waals surface area contributed by atoms with Gasteiger partial charge in [0.2, 0.25) is 0 Å². The number of benzene rings is 2. The number of aliphatic imine (C=N–C) groups is 1. The molecule has 0 aliphatic heterocycles. The molecule has 0 saturated heterocycles. The number of hydrogen-bond acceptors (Lipinski definition) is 4. The highest BCUT2D eigenvalue weighted by atomic mass is 15.1. The summed E-state index contributed by atoms with van der Waals surface area (Å²) in [6, 6.07) is 21.1. The molecular formula is C18H14N4. The summed E-state index contributed by atoms with van der Waals surface area (Å²) in [4.78, 5) is 8.38. The van der Waals surface area contributed by atoms with Crippen molar-refractivity contribution in [3.05, 3.63) is 84.7 Å². The summed E-state index contributed by atoms with van der Waals surface area (Å²) in [6.07, 6.45) is 5.30. The van der Waals surface area contributed by atoms with E-state index in [1.165, 1.54) is 0 Å². The Kier molecular flexibility index (Phi) is 4.42. The minimum Gasteiger partial charge on any atom is -0.265 e. The van der Waals surface area contributed by atoms with E-state index >= 15 is 0 Å². The van der Waals surface area contributed by atoms with Crippen molar-refractivity contribution in [2.24, 2.45) is 15.2 Å². The summed E-state index contributed by atoms with van der Waals surface area (Å²) in [6.45, 7) is 0. The molecule has 0 bridgehead atoms. The molecule has 2 aromatic carbocycles. The molecule has 1 heterocycles. The van der Waals surface area contributed by atoms with Crippen LogP contribution in [0, 0.1) is 0 Å². The fourth-order valence-electron chi connectivity index (χ4n) is 1.81. The maximum absolute atomic E-state index is 4.41. The highest BCUT2D eigenvalue weighted by Gasteiger charge is 1.92. The molecule has 3 aromatic rings. The number of rotatable bonds is 4. The third-order valence-corrected chi connectivity index (χ3v) is 2.96. The van der Waals surface area contributed by atoms with Crippen LogP contribution in [0.4, 0.5) is 17.1 Å². The molecule has 3 rings (SSSR count). The Hall–Kier alpha value is -3.14. The Labute approximate surface area is 128 Å². The molecule has 0 unspecified atom stereocenters. The van der Waals surface area contributed by atoms with Crippen molar-refractivity contribution in [1.29, 1.82) is 0 Å². The molecule has 0 aliphatic carbocycles. The van der Waals surface area contributed by atoms with E-state index in [0.29, 0.717) is 0 Å². The van der Waals surface area contributed by atoms with Gasteiger partial charge in [0.25, 0.3) is 0 Å². The summed E-state index contributed by atoms with van der Waals surface area (Å²) in [5.41, 5.74) is 3.52. The highest BCUT2D eigenvalue weighted by molar-refractivity contribution is 5.81. The maximum Gasteiger partial charge on any atom is 0.0858 e. The average molecular weight is 286 g/mol. The predicted octanol–water partition coefficient (Wildman–Crippen LogP) is 5.25. The van der Waals surface area contributed by atoms with Crippen LogP contribution in [0.2, 0.25) is 0 Å². The van der Waals surface area contributed by atoms with Gasteiger partial charge in [0, 0.05) is 18.6 Å². The van der Waals surface area contributed by atoms with Crippen LogP contribution in [0.3, 0.4) is 0 Å². The van der Waals surface area contributed by atoms with E-state index in [2.05, 4.69) is 20.2 Å². The van der Waals surface area contributed by atoms with Crippen molar-refractivity contribution in [2.75, 3.05) is 0 Å². The first-order chi connectivity index (χ1) is 10.9. The quantitative estimate of drug-likeness (QED) is 0.477. The Morgan fingerprint density at radius 2 is 1.23 bits per heavy atom. The Morgan fingerprint density at radius 3 is 1.91 bits per heavy atom. The van der Waals surface area contributed by atoms with Crippen LogP contribution >= 0.6 is 0 Å². The molecule has 1 aromatic heterocycles. The molecule has 0 amide bonds. The summed E-state index contributed by atoms with van der Waals surface area (Å²) in [7, 11) is 0. The van der Waals surface area contributed by atoms with E-state index in [9.17, 15) is 0 Å². The van der Waals surface area contributed by atoms with Gasteiger partial charge in [-0.1, -0.05) is 18.2 Å². The maximum atomic E-state index is 4.41. The van der Waals surface area contributed by atoms with Crippen molar-refractivity contribution in [2.45, 2.75) is 0 Å². The molecule has 0 spiro atoms. The smallest absolute Gasteiger partial charge is 0.0858 e. The van der Waals surface area contributed by atoms with Gasteiger partial charge in [-0.15, -0.1) is 0 Å². The molecule has 0 fully saturated rings. The predicted molar refractivity (Wildman–Crippen MR) is 88.6 cm³/mol.